The van der Waals surface area contributed by atoms with E-state index in [-0.39, 0.29) is 23.6 Å². The number of ether oxygens (including phenoxy) is 5. The topological polar surface area (TPSA) is 75.3 Å². The minimum Gasteiger partial charge on any atom is -0.493 e. The quantitative estimate of drug-likeness (QED) is 0.700. The molecule has 28 heavy (non-hydrogen) atoms. The van der Waals surface area contributed by atoms with Crippen molar-refractivity contribution in [2.45, 2.75) is 13.2 Å². The summed E-state index contributed by atoms with van der Waals surface area (Å²) in [7, 11) is 5.70. The minimum absolute atomic E-state index is 0.0824. The average molecular weight is 397 g/mol. The number of methoxy groups -OCH3 is 4. The van der Waals surface area contributed by atoms with Crippen LogP contribution in [0.25, 0.3) is 0 Å². The summed E-state index contributed by atoms with van der Waals surface area (Å²) in [6.07, 6.45) is 0. The predicted octanol–water partition coefficient (Wildman–Crippen LogP) is 3.25. The Labute approximate surface area is 161 Å². The van der Waals surface area contributed by atoms with Gasteiger partial charge in [0.05, 0.1) is 28.4 Å². The Bertz CT molecular complexity index is 803. The minimum atomic E-state index is -2.99. The van der Waals surface area contributed by atoms with Crippen molar-refractivity contribution in [2.75, 3.05) is 28.4 Å². The lowest BCUT2D eigenvalue weighted by molar-refractivity contribution is -0.0512. The standard InChI is InChI=1S/C19H21F2NO6/c1-24-13-6-5-11(7-14(13)28-19(20)21)10-22-18(23)12-8-15(25-2)17(27-4)16(9-12)26-3/h5-9,19H,10H2,1-4H3,(H,22,23). The van der Waals surface area contributed by atoms with Crippen molar-refractivity contribution in [1.82, 2.24) is 5.32 Å². The summed E-state index contributed by atoms with van der Waals surface area (Å²) in [5.74, 6) is 0.682. The summed E-state index contributed by atoms with van der Waals surface area (Å²) in [5.41, 5.74) is 0.837. The number of hydrogen-bond acceptors (Lipinski definition) is 6. The second-order valence-corrected chi connectivity index (χ2v) is 5.46. The van der Waals surface area contributed by atoms with Crippen LogP contribution >= 0.6 is 0 Å². The van der Waals surface area contributed by atoms with Gasteiger partial charge in [-0.1, -0.05) is 6.07 Å². The summed E-state index contributed by atoms with van der Waals surface area (Å²) < 4.78 is 50.1. The second-order valence-electron chi connectivity index (χ2n) is 5.46. The van der Waals surface area contributed by atoms with Crippen LogP contribution in [0.4, 0.5) is 8.78 Å². The summed E-state index contributed by atoms with van der Waals surface area (Å²) in [6, 6.07) is 7.51. The SMILES string of the molecule is COc1ccc(CNC(=O)c2cc(OC)c(OC)c(OC)c2)cc1OC(F)F. The molecule has 0 radical (unpaired) electrons. The van der Waals surface area contributed by atoms with Crippen molar-refractivity contribution >= 4 is 5.91 Å². The molecule has 7 nitrogen and oxygen atoms in total. The molecule has 0 aliphatic heterocycles. The zero-order valence-corrected chi connectivity index (χ0v) is 15.9. The molecule has 0 aromatic heterocycles. The van der Waals surface area contributed by atoms with Crippen molar-refractivity contribution in [3.8, 4) is 28.7 Å². The zero-order valence-electron chi connectivity index (χ0n) is 15.9. The van der Waals surface area contributed by atoms with Gasteiger partial charge in [-0.2, -0.15) is 8.78 Å². The Morgan fingerprint density at radius 2 is 1.50 bits per heavy atom. The van der Waals surface area contributed by atoms with E-state index >= 15 is 0 Å². The molecule has 2 aromatic rings. The smallest absolute Gasteiger partial charge is 0.387 e. The molecule has 152 valence electrons. The van der Waals surface area contributed by atoms with Crippen molar-refractivity contribution in [3.05, 3.63) is 41.5 Å². The van der Waals surface area contributed by atoms with Crippen LogP contribution in [-0.2, 0) is 6.54 Å². The van der Waals surface area contributed by atoms with Crippen LogP contribution in [0.1, 0.15) is 15.9 Å². The number of hydrogen-bond donors (Lipinski definition) is 1. The Kier molecular flexibility index (Phi) is 7.25. The summed E-state index contributed by atoms with van der Waals surface area (Å²) in [6.45, 7) is -2.91. The second kappa shape index (κ2) is 9.63. The number of halogens is 2. The van der Waals surface area contributed by atoms with Crippen LogP contribution in [-0.4, -0.2) is 41.0 Å². The van der Waals surface area contributed by atoms with E-state index in [1.54, 1.807) is 6.07 Å². The number of carbonyl (C=O) groups excluding carboxylic acids is 1. The maximum Gasteiger partial charge on any atom is 0.387 e. The van der Waals surface area contributed by atoms with E-state index in [4.69, 9.17) is 18.9 Å². The molecular weight excluding hydrogens is 376 g/mol. The monoisotopic (exact) mass is 397 g/mol. The van der Waals surface area contributed by atoms with Gasteiger partial charge in [0.15, 0.2) is 23.0 Å². The van der Waals surface area contributed by atoms with E-state index in [2.05, 4.69) is 10.1 Å². The molecule has 0 bridgehead atoms. The van der Waals surface area contributed by atoms with E-state index in [9.17, 15) is 13.6 Å². The molecule has 2 rings (SSSR count). The normalized spacial score (nSPS) is 10.4. The number of amides is 1. The molecule has 0 aliphatic carbocycles. The highest BCUT2D eigenvalue weighted by Crippen LogP contribution is 2.38. The first-order valence-electron chi connectivity index (χ1n) is 8.13. The fourth-order valence-electron chi connectivity index (χ4n) is 2.52. The van der Waals surface area contributed by atoms with Crippen LogP contribution in [0.15, 0.2) is 30.3 Å². The Morgan fingerprint density at radius 1 is 0.893 bits per heavy atom. The number of carbonyl (C=O) groups is 1. The average Bonchev–Trinajstić information content (AvgIpc) is 2.70. The number of rotatable bonds is 9. The van der Waals surface area contributed by atoms with Crippen molar-refractivity contribution < 1.29 is 37.3 Å². The van der Waals surface area contributed by atoms with Gasteiger partial charge in [-0.25, -0.2) is 0 Å². The third-order valence-corrected chi connectivity index (χ3v) is 3.82. The van der Waals surface area contributed by atoms with E-state index in [1.165, 1.54) is 52.7 Å². The van der Waals surface area contributed by atoms with E-state index in [0.717, 1.165) is 0 Å². The van der Waals surface area contributed by atoms with Crippen molar-refractivity contribution in [3.63, 3.8) is 0 Å². The van der Waals surface area contributed by atoms with E-state index < -0.39 is 12.5 Å². The molecular formula is C19H21F2NO6. The molecule has 0 saturated heterocycles. The largest absolute Gasteiger partial charge is 0.493 e. The van der Waals surface area contributed by atoms with Crippen molar-refractivity contribution in [1.29, 1.82) is 0 Å². The predicted molar refractivity (Wildman–Crippen MR) is 96.9 cm³/mol. The zero-order chi connectivity index (χ0) is 20.7. The van der Waals surface area contributed by atoms with Gasteiger partial charge in [-0.15, -0.1) is 0 Å². The molecule has 1 N–H and O–H groups in total. The molecule has 0 aliphatic rings. The van der Waals surface area contributed by atoms with Crippen LogP contribution in [0.5, 0.6) is 28.7 Å². The first kappa shape index (κ1) is 21.1. The van der Waals surface area contributed by atoms with Crippen LogP contribution in [0.2, 0.25) is 0 Å². The van der Waals surface area contributed by atoms with Crippen LogP contribution < -0.4 is 29.0 Å². The summed E-state index contributed by atoms with van der Waals surface area (Å²) in [5, 5.41) is 2.70. The van der Waals surface area contributed by atoms with Gasteiger partial charge >= 0.3 is 6.61 Å². The highest BCUT2D eigenvalue weighted by Gasteiger charge is 2.17. The van der Waals surface area contributed by atoms with Gasteiger partial charge in [0.25, 0.3) is 5.91 Å². The van der Waals surface area contributed by atoms with Gasteiger partial charge in [0.2, 0.25) is 5.75 Å². The fraction of sp³-hybridized carbons (Fsp3) is 0.316. The molecule has 9 heteroatoms. The lowest BCUT2D eigenvalue weighted by atomic mass is 10.1. The number of alkyl halides is 2. The first-order valence-corrected chi connectivity index (χ1v) is 8.13. The third kappa shape index (κ3) is 4.93. The van der Waals surface area contributed by atoms with E-state index in [0.29, 0.717) is 22.8 Å². The maximum absolute atomic E-state index is 12.5. The Balaban J connectivity index is 2.18. The summed E-state index contributed by atoms with van der Waals surface area (Å²) >= 11 is 0. The molecule has 0 unspecified atom stereocenters. The Hall–Kier alpha value is -3.23. The lowest BCUT2D eigenvalue weighted by Gasteiger charge is -2.14. The molecule has 0 atom stereocenters. The molecule has 0 fully saturated rings. The van der Waals surface area contributed by atoms with Gasteiger partial charge in [-0.05, 0) is 29.8 Å². The maximum atomic E-state index is 12.5. The van der Waals surface area contributed by atoms with E-state index in [1.807, 2.05) is 0 Å². The summed E-state index contributed by atoms with van der Waals surface area (Å²) in [4.78, 5) is 12.5. The van der Waals surface area contributed by atoms with Gasteiger partial charge < -0.3 is 29.0 Å². The molecule has 1 amide bonds. The van der Waals surface area contributed by atoms with Crippen molar-refractivity contribution in [2.24, 2.45) is 0 Å². The van der Waals surface area contributed by atoms with Gasteiger partial charge in [0, 0.05) is 12.1 Å². The van der Waals surface area contributed by atoms with Gasteiger partial charge in [-0.3, -0.25) is 4.79 Å². The lowest BCUT2D eigenvalue weighted by Crippen LogP contribution is -2.23. The molecule has 0 saturated carbocycles. The van der Waals surface area contributed by atoms with Gasteiger partial charge in [0.1, 0.15) is 0 Å². The first-order chi connectivity index (χ1) is 13.4. The number of benzene rings is 2. The van der Waals surface area contributed by atoms with Crippen LogP contribution in [0.3, 0.4) is 0 Å². The number of nitrogens with one attached hydrogen (secondary N) is 1. The molecule has 2 aromatic carbocycles. The van der Waals surface area contributed by atoms with Crippen LogP contribution in [0, 0.1) is 0 Å². The molecule has 0 heterocycles. The highest BCUT2D eigenvalue weighted by atomic mass is 19.3. The Morgan fingerprint density at radius 3 is 2.00 bits per heavy atom. The third-order valence-electron chi connectivity index (χ3n) is 3.82. The molecule has 0 spiro atoms. The highest BCUT2D eigenvalue weighted by molar-refractivity contribution is 5.95. The fourth-order valence-corrected chi connectivity index (χ4v) is 2.52.